The number of benzene rings is 2. The number of methoxy groups -OCH3 is 1. The number of primary sulfonamides is 1. The molecule has 0 aromatic heterocycles. The van der Waals surface area contributed by atoms with E-state index in [9.17, 15) is 18.3 Å². The maximum Gasteiger partial charge on any atom is 0.258 e. The zero-order chi connectivity index (χ0) is 20.0. The van der Waals surface area contributed by atoms with E-state index < -0.39 is 10.0 Å². The van der Waals surface area contributed by atoms with Crippen LogP contribution in [-0.4, -0.2) is 39.2 Å². The first-order valence-corrected chi connectivity index (χ1v) is 9.65. The maximum absolute atomic E-state index is 12.0. The third-order valence-corrected chi connectivity index (χ3v) is 4.64. The molecule has 0 spiro atoms. The standard InChI is InChI=1S/C18H22N2O6S/c1-12(20-18(22)11-26-15-6-4-3-5-14(15)21)9-13-7-8-16(25-2)17(10-13)27(19,23)24/h3-8,10,12,21H,9,11H2,1-2H3,(H,20,22)(H2,19,23,24)/t12-/m1/s1. The van der Waals surface area contributed by atoms with Crippen molar-refractivity contribution >= 4 is 15.9 Å². The van der Waals surface area contributed by atoms with Crippen molar-refractivity contribution in [1.29, 1.82) is 0 Å². The number of carbonyl (C=O) groups excluding carboxylic acids is 1. The Bertz CT molecular complexity index is 914. The zero-order valence-corrected chi connectivity index (χ0v) is 15.8. The largest absolute Gasteiger partial charge is 0.504 e. The molecule has 1 amide bonds. The Morgan fingerprint density at radius 1 is 1.22 bits per heavy atom. The van der Waals surface area contributed by atoms with Gasteiger partial charge in [-0.25, -0.2) is 13.6 Å². The number of rotatable bonds is 8. The molecule has 0 saturated heterocycles. The topological polar surface area (TPSA) is 128 Å². The van der Waals surface area contributed by atoms with Gasteiger partial charge in [-0.3, -0.25) is 4.79 Å². The third-order valence-electron chi connectivity index (χ3n) is 3.71. The van der Waals surface area contributed by atoms with E-state index >= 15 is 0 Å². The number of ether oxygens (including phenoxy) is 2. The Kier molecular flexibility index (Phi) is 6.65. The van der Waals surface area contributed by atoms with E-state index in [1.54, 1.807) is 31.2 Å². The fourth-order valence-electron chi connectivity index (χ4n) is 2.51. The SMILES string of the molecule is COc1ccc(C[C@@H](C)NC(=O)COc2ccccc2O)cc1S(N)(=O)=O. The van der Waals surface area contributed by atoms with Crippen molar-refractivity contribution in [3.8, 4) is 17.2 Å². The number of hydrogen-bond donors (Lipinski definition) is 3. The first-order chi connectivity index (χ1) is 12.7. The van der Waals surface area contributed by atoms with Crippen molar-refractivity contribution in [2.45, 2.75) is 24.3 Å². The van der Waals surface area contributed by atoms with Crippen LogP contribution < -0.4 is 19.9 Å². The van der Waals surface area contributed by atoms with Crippen LogP contribution in [0.2, 0.25) is 0 Å². The Morgan fingerprint density at radius 3 is 2.56 bits per heavy atom. The predicted molar refractivity (Wildman–Crippen MR) is 99.3 cm³/mol. The first-order valence-electron chi connectivity index (χ1n) is 8.10. The Morgan fingerprint density at radius 2 is 1.93 bits per heavy atom. The molecule has 0 bridgehead atoms. The van der Waals surface area contributed by atoms with Crippen LogP contribution in [0.1, 0.15) is 12.5 Å². The van der Waals surface area contributed by atoms with E-state index in [4.69, 9.17) is 14.6 Å². The van der Waals surface area contributed by atoms with Crippen LogP contribution in [0.4, 0.5) is 0 Å². The summed E-state index contributed by atoms with van der Waals surface area (Å²) in [4.78, 5) is 11.9. The van der Waals surface area contributed by atoms with Crippen LogP contribution in [0.3, 0.4) is 0 Å². The summed E-state index contributed by atoms with van der Waals surface area (Å²) >= 11 is 0. The van der Waals surface area contributed by atoms with Crippen LogP contribution in [0, 0.1) is 0 Å². The summed E-state index contributed by atoms with van der Waals surface area (Å²) in [6, 6.07) is 10.7. The van der Waals surface area contributed by atoms with Gasteiger partial charge in [0.15, 0.2) is 18.1 Å². The highest BCUT2D eigenvalue weighted by Crippen LogP contribution is 2.25. The van der Waals surface area contributed by atoms with Gasteiger partial charge in [0, 0.05) is 6.04 Å². The fourth-order valence-corrected chi connectivity index (χ4v) is 3.26. The molecule has 1 atom stereocenters. The van der Waals surface area contributed by atoms with Crippen LogP contribution in [0.15, 0.2) is 47.4 Å². The highest BCUT2D eigenvalue weighted by Gasteiger charge is 2.17. The number of sulfonamides is 1. The molecule has 8 nitrogen and oxygen atoms in total. The average Bonchev–Trinajstić information content (AvgIpc) is 2.60. The van der Waals surface area contributed by atoms with Crippen molar-refractivity contribution in [1.82, 2.24) is 5.32 Å². The average molecular weight is 394 g/mol. The molecule has 0 aliphatic heterocycles. The minimum Gasteiger partial charge on any atom is -0.504 e. The van der Waals surface area contributed by atoms with Crippen molar-refractivity contribution in [3.05, 3.63) is 48.0 Å². The van der Waals surface area contributed by atoms with Crippen LogP contribution in [-0.2, 0) is 21.2 Å². The molecule has 0 saturated carbocycles. The molecule has 2 aromatic carbocycles. The molecule has 146 valence electrons. The molecule has 0 fully saturated rings. The van der Waals surface area contributed by atoms with E-state index in [0.717, 1.165) is 0 Å². The van der Waals surface area contributed by atoms with Crippen molar-refractivity contribution < 1.29 is 27.8 Å². The van der Waals surface area contributed by atoms with Gasteiger partial charge in [0.05, 0.1) is 7.11 Å². The number of para-hydroxylation sites is 2. The number of nitrogens with two attached hydrogens (primary N) is 1. The molecule has 0 heterocycles. The first kappa shape index (κ1) is 20.5. The van der Waals surface area contributed by atoms with E-state index in [0.29, 0.717) is 12.0 Å². The lowest BCUT2D eigenvalue weighted by Crippen LogP contribution is -2.37. The lowest BCUT2D eigenvalue weighted by molar-refractivity contribution is -0.123. The highest BCUT2D eigenvalue weighted by atomic mass is 32.2. The summed E-state index contributed by atoms with van der Waals surface area (Å²) in [7, 11) is -2.57. The van der Waals surface area contributed by atoms with Crippen LogP contribution in [0.5, 0.6) is 17.2 Å². The van der Waals surface area contributed by atoms with Gasteiger partial charge < -0.3 is 19.9 Å². The van der Waals surface area contributed by atoms with Gasteiger partial charge in [0.1, 0.15) is 10.6 Å². The summed E-state index contributed by atoms with van der Waals surface area (Å²) in [6.07, 6.45) is 0.384. The number of carbonyl (C=O) groups is 1. The number of nitrogens with one attached hydrogen (secondary N) is 1. The molecule has 0 radical (unpaired) electrons. The van der Waals surface area contributed by atoms with Crippen LogP contribution >= 0.6 is 0 Å². The Hall–Kier alpha value is -2.78. The van der Waals surface area contributed by atoms with Gasteiger partial charge in [-0.2, -0.15) is 0 Å². The molecule has 0 unspecified atom stereocenters. The summed E-state index contributed by atoms with van der Waals surface area (Å²) < 4.78 is 33.6. The molecule has 0 aliphatic carbocycles. The van der Waals surface area contributed by atoms with Crippen molar-refractivity contribution in [2.24, 2.45) is 5.14 Å². The minimum absolute atomic E-state index is 0.0490. The Labute approximate surface area is 158 Å². The smallest absolute Gasteiger partial charge is 0.258 e. The molecule has 9 heteroatoms. The number of phenolic OH excluding ortho intramolecular Hbond substituents is 1. The summed E-state index contributed by atoms with van der Waals surface area (Å²) in [5.74, 6) is -0.0414. The van der Waals surface area contributed by atoms with Gasteiger partial charge in [0.25, 0.3) is 5.91 Å². The van der Waals surface area contributed by atoms with Gasteiger partial charge in [-0.1, -0.05) is 18.2 Å². The molecule has 0 aliphatic rings. The number of hydrogen-bond acceptors (Lipinski definition) is 6. The summed E-state index contributed by atoms with van der Waals surface area (Å²) in [6.45, 7) is 1.52. The van der Waals surface area contributed by atoms with E-state index in [-0.39, 0.29) is 40.7 Å². The summed E-state index contributed by atoms with van der Waals surface area (Å²) in [5, 5.41) is 17.6. The lowest BCUT2D eigenvalue weighted by Gasteiger charge is -2.16. The zero-order valence-electron chi connectivity index (χ0n) is 15.0. The van der Waals surface area contributed by atoms with E-state index in [1.165, 1.54) is 25.3 Å². The summed E-state index contributed by atoms with van der Waals surface area (Å²) in [5.41, 5.74) is 0.675. The van der Waals surface area contributed by atoms with Crippen molar-refractivity contribution in [3.63, 3.8) is 0 Å². The Balaban J connectivity index is 1.96. The van der Waals surface area contributed by atoms with Gasteiger partial charge in [-0.15, -0.1) is 0 Å². The lowest BCUT2D eigenvalue weighted by atomic mass is 10.1. The second-order valence-electron chi connectivity index (χ2n) is 5.96. The monoisotopic (exact) mass is 394 g/mol. The number of aromatic hydroxyl groups is 1. The molecule has 2 aromatic rings. The molecular formula is C18H22N2O6S. The highest BCUT2D eigenvalue weighted by molar-refractivity contribution is 7.89. The van der Waals surface area contributed by atoms with E-state index in [1.807, 2.05) is 0 Å². The molecule has 2 rings (SSSR count). The predicted octanol–water partition coefficient (Wildman–Crippen LogP) is 1.17. The molecule has 27 heavy (non-hydrogen) atoms. The minimum atomic E-state index is -3.93. The molecule has 4 N–H and O–H groups in total. The van der Waals surface area contributed by atoms with Gasteiger partial charge in [0.2, 0.25) is 10.0 Å². The van der Waals surface area contributed by atoms with Gasteiger partial charge in [-0.05, 0) is 43.2 Å². The van der Waals surface area contributed by atoms with Crippen LogP contribution in [0.25, 0.3) is 0 Å². The maximum atomic E-state index is 12.0. The second-order valence-corrected chi connectivity index (χ2v) is 7.49. The second kappa shape index (κ2) is 8.74. The quantitative estimate of drug-likeness (QED) is 0.617. The normalized spacial score (nSPS) is 12.3. The third kappa shape index (κ3) is 5.87. The number of phenols is 1. The molecular weight excluding hydrogens is 372 g/mol. The number of amides is 1. The van der Waals surface area contributed by atoms with E-state index in [2.05, 4.69) is 5.32 Å². The van der Waals surface area contributed by atoms with Gasteiger partial charge >= 0.3 is 0 Å². The van der Waals surface area contributed by atoms with Crippen molar-refractivity contribution in [2.75, 3.05) is 13.7 Å². The fraction of sp³-hybridized carbons (Fsp3) is 0.278.